The number of aromatic amines is 1. The van der Waals surface area contributed by atoms with Crippen molar-refractivity contribution in [1.82, 2.24) is 9.97 Å². The van der Waals surface area contributed by atoms with E-state index in [4.69, 9.17) is 0 Å². The molecule has 1 aromatic heterocycles. The molecule has 3 nitrogen and oxygen atoms in total. The molecule has 96 valence electrons. The average molecular weight is 251 g/mol. The zero-order chi connectivity index (χ0) is 13.4. The lowest BCUT2D eigenvalue weighted by molar-refractivity contribution is 1.13. The number of anilines is 1. The second-order valence-corrected chi connectivity index (χ2v) is 5.05. The van der Waals surface area contributed by atoms with E-state index in [2.05, 4.69) is 64.3 Å². The molecule has 3 heteroatoms. The van der Waals surface area contributed by atoms with E-state index in [1.54, 1.807) is 0 Å². The minimum atomic E-state index is 0.921. The summed E-state index contributed by atoms with van der Waals surface area (Å²) in [6.45, 7) is 2.09. The number of rotatable bonds is 2. The molecule has 0 aliphatic carbocycles. The molecule has 2 aromatic carbocycles. The summed E-state index contributed by atoms with van der Waals surface area (Å²) < 4.78 is 0. The topological polar surface area (TPSA) is 31.9 Å². The van der Waals surface area contributed by atoms with E-state index >= 15 is 0 Å². The highest BCUT2D eigenvalue weighted by atomic mass is 15.1. The predicted molar refractivity (Wildman–Crippen MR) is 80.6 cm³/mol. The van der Waals surface area contributed by atoms with Crippen molar-refractivity contribution >= 4 is 16.7 Å². The lowest BCUT2D eigenvalue weighted by atomic mass is 10.2. The van der Waals surface area contributed by atoms with Crippen molar-refractivity contribution in [3.63, 3.8) is 0 Å². The second kappa shape index (κ2) is 4.43. The number of hydrogen-bond acceptors (Lipinski definition) is 2. The van der Waals surface area contributed by atoms with Gasteiger partial charge in [-0.3, -0.25) is 0 Å². The third kappa shape index (κ3) is 2.19. The molecule has 3 rings (SSSR count). The normalized spacial score (nSPS) is 10.9. The number of aryl methyl sites for hydroxylation is 1. The van der Waals surface area contributed by atoms with Crippen LogP contribution in [0, 0.1) is 6.92 Å². The Morgan fingerprint density at radius 3 is 2.68 bits per heavy atom. The quantitative estimate of drug-likeness (QED) is 0.754. The monoisotopic (exact) mass is 251 g/mol. The lowest BCUT2D eigenvalue weighted by Gasteiger charge is -2.12. The van der Waals surface area contributed by atoms with Gasteiger partial charge in [-0.05, 0) is 36.8 Å². The van der Waals surface area contributed by atoms with Crippen molar-refractivity contribution < 1.29 is 0 Å². The molecule has 19 heavy (non-hydrogen) atoms. The molecule has 0 fully saturated rings. The van der Waals surface area contributed by atoms with Gasteiger partial charge in [0.05, 0.1) is 11.0 Å². The molecule has 0 atom stereocenters. The molecule has 0 saturated carbocycles. The van der Waals surface area contributed by atoms with Gasteiger partial charge in [0.2, 0.25) is 0 Å². The maximum absolute atomic E-state index is 4.65. The Morgan fingerprint density at radius 2 is 1.89 bits per heavy atom. The largest absolute Gasteiger partial charge is 0.378 e. The number of nitrogens with one attached hydrogen (secondary N) is 1. The van der Waals surface area contributed by atoms with Crippen LogP contribution in [0.5, 0.6) is 0 Å². The number of benzene rings is 2. The van der Waals surface area contributed by atoms with E-state index in [0.29, 0.717) is 0 Å². The smallest absolute Gasteiger partial charge is 0.138 e. The Kier molecular flexibility index (Phi) is 2.75. The van der Waals surface area contributed by atoms with E-state index < -0.39 is 0 Å². The molecule has 3 aromatic rings. The molecule has 0 spiro atoms. The Labute approximate surface area is 112 Å². The Bertz CT molecular complexity index is 726. The number of H-pyrrole nitrogens is 1. The van der Waals surface area contributed by atoms with Crippen LogP contribution in [0.3, 0.4) is 0 Å². The lowest BCUT2D eigenvalue weighted by Crippen LogP contribution is -2.08. The highest BCUT2D eigenvalue weighted by Crippen LogP contribution is 2.24. The van der Waals surface area contributed by atoms with Gasteiger partial charge in [-0.2, -0.15) is 0 Å². The van der Waals surface area contributed by atoms with Crippen molar-refractivity contribution in [3.8, 4) is 11.4 Å². The zero-order valence-electron chi connectivity index (χ0n) is 11.4. The van der Waals surface area contributed by atoms with Gasteiger partial charge in [0, 0.05) is 25.3 Å². The van der Waals surface area contributed by atoms with Gasteiger partial charge >= 0.3 is 0 Å². The first-order chi connectivity index (χ1) is 9.13. The van der Waals surface area contributed by atoms with Crippen molar-refractivity contribution in [2.45, 2.75) is 6.92 Å². The fraction of sp³-hybridized carbons (Fsp3) is 0.188. The number of aromatic nitrogens is 2. The molecule has 0 aliphatic heterocycles. The van der Waals surface area contributed by atoms with Gasteiger partial charge < -0.3 is 9.88 Å². The van der Waals surface area contributed by atoms with Crippen LogP contribution in [0.25, 0.3) is 22.4 Å². The summed E-state index contributed by atoms with van der Waals surface area (Å²) in [5.41, 5.74) is 5.63. The van der Waals surface area contributed by atoms with Crippen LogP contribution in [-0.4, -0.2) is 24.1 Å². The third-order valence-corrected chi connectivity index (χ3v) is 3.27. The summed E-state index contributed by atoms with van der Waals surface area (Å²) >= 11 is 0. The van der Waals surface area contributed by atoms with Gasteiger partial charge in [-0.1, -0.05) is 18.2 Å². The van der Waals surface area contributed by atoms with E-state index in [0.717, 1.165) is 22.4 Å². The van der Waals surface area contributed by atoms with Crippen LogP contribution in [-0.2, 0) is 0 Å². The highest BCUT2D eigenvalue weighted by molar-refractivity contribution is 5.80. The second-order valence-electron chi connectivity index (χ2n) is 5.05. The third-order valence-electron chi connectivity index (χ3n) is 3.27. The van der Waals surface area contributed by atoms with Gasteiger partial charge in [0.15, 0.2) is 0 Å². The van der Waals surface area contributed by atoms with Crippen LogP contribution >= 0.6 is 0 Å². The first-order valence-electron chi connectivity index (χ1n) is 6.37. The number of fused-ring (bicyclic) bond motifs is 1. The minimum Gasteiger partial charge on any atom is -0.378 e. The minimum absolute atomic E-state index is 0.921. The summed E-state index contributed by atoms with van der Waals surface area (Å²) in [5.74, 6) is 0.921. The fourth-order valence-corrected chi connectivity index (χ4v) is 2.19. The summed E-state index contributed by atoms with van der Waals surface area (Å²) in [4.78, 5) is 10.1. The van der Waals surface area contributed by atoms with E-state index in [1.807, 2.05) is 14.1 Å². The Balaban J connectivity index is 2.11. The van der Waals surface area contributed by atoms with Gasteiger partial charge in [-0.15, -0.1) is 0 Å². The van der Waals surface area contributed by atoms with E-state index in [-0.39, 0.29) is 0 Å². The molecule has 0 saturated heterocycles. The van der Waals surface area contributed by atoms with Gasteiger partial charge in [0.1, 0.15) is 5.82 Å². The zero-order valence-corrected chi connectivity index (χ0v) is 11.4. The molecular weight excluding hydrogens is 234 g/mol. The van der Waals surface area contributed by atoms with Crippen molar-refractivity contribution in [1.29, 1.82) is 0 Å². The van der Waals surface area contributed by atoms with Gasteiger partial charge in [-0.25, -0.2) is 4.98 Å². The predicted octanol–water partition coefficient (Wildman–Crippen LogP) is 3.60. The van der Waals surface area contributed by atoms with Crippen molar-refractivity contribution in [2.75, 3.05) is 19.0 Å². The van der Waals surface area contributed by atoms with Gasteiger partial charge in [0.25, 0.3) is 0 Å². The molecule has 0 bridgehead atoms. The highest BCUT2D eigenvalue weighted by Gasteiger charge is 2.06. The van der Waals surface area contributed by atoms with Crippen LogP contribution in [0.2, 0.25) is 0 Å². The molecule has 0 unspecified atom stereocenters. The first kappa shape index (κ1) is 11.8. The molecule has 1 heterocycles. The number of hydrogen-bond donors (Lipinski definition) is 1. The fourth-order valence-electron chi connectivity index (χ4n) is 2.19. The summed E-state index contributed by atoms with van der Waals surface area (Å²) in [7, 11) is 4.09. The van der Waals surface area contributed by atoms with Crippen LogP contribution in [0.4, 0.5) is 5.69 Å². The molecule has 0 amide bonds. The van der Waals surface area contributed by atoms with Crippen LogP contribution in [0.1, 0.15) is 5.56 Å². The Morgan fingerprint density at radius 1 is 1.05 bits per heavy atom. The average Bonchev–Trinajstić information content (AvgIpc) is 2.81. The summed E-state index contributed by atoms with van der Waals surface area (Å²) in [5, 5.41) is 0. The van der Waals surface area contributed by atoms with Crippen molar-refractivity contribution in [3.05, 3.63) is 48.0 Å². The SMILES string of the molecule is Cc1ccc2nc(-c3cccc(N(C)C)c3)[nH]c2c1. The molecule has 0 aliphatic rings. The molecule has 1 N–H and O–H groups in total. The summed E-state index contributed by atoms with van der Waals surface area (Å²) in [6, 6.07) is 14.6. The van der Waals surface area contributed by atoms with Crippen LogP contribution < -0.4 is 4.90 Å². The van der Waals surface area contributed by atoms with Crippen molar-refractivity contribution in [2.24, 2.45) is 0 Å². The Hall–Kier alpha value is -2.29. The van der Waals surface area contributed by atoms with Crippen LogP contribution in [0.15, 0.2) is 42.5 Å². The maximum atomic E-state index is 4.65. The molecule has 0 radical (unpaired) electrons. The maximum Gasteiger partial charge on any atom is 0.138 e. The molecular formula is C16H17N3. The number of nitrogens with zero attached hydrogens (tertiary/aromatic N) is 2. The van der Waals surface area contributed by atoms with E-state index in [9.17, 15) is 0 Å². The number of imidazole rings is 1. The first-order valence-corrected chi connectivity index (χ1v) is 6.37. The van der Waals surface area contributed by atoms with E-state index in [1.165, 1.54) is 11.3 Å². The standard InChI is InChI=1S/C16H17N3/c1-11-7-8-14-15(9-11)18-16(17-14)12-5-4-6-13(10-12)19(2)3/h4-10H,1-3H3,(H,17,18). The summed E-state index contributed by atoms with van der Waals surface area (Å²) in [6.07, 6.45) is 0.